The normalized spacial score (nSPS) is 20.5. The number of ether oxygens (including phenoxy) is 4. The number of hydrogen-bond donors (Lipinski definition) is 1. The molecule has 1 aliphatic carbocycles. The Kier molecular flexibility index (Phi) is 13.8. The molecule has 0 heterocycles. The minimum atomic E-state index is 0.193. The third-order valence-corrected chi connectivity index (χ3v) is 4.76. The standard InChI is InChI=1S/C20H39NO5/c1-4-18-5-7-19(8-6-18)20(22)21-9-10-23-11-12-24-13-14-25-15-16-26-17(2)3/h17-19H,4-16H2,1-3H3,(H,21,22). The van der Waals surface area contributed by atoms with E-state index >= 15 is 0 Å². The number of carbonyl (C=O) groups excluding carboxylic acids is 1. The zero-order valence-corrected chi connectivity index (χ0v) is 17.0. The van der Waals surface area contributed by atoms with E-state index in [0.29, 0.717) is 52.8 Å². The highest BCUT2D eigenvalue weighted by molar-refractivity contribution is 5.78. The molecular formula is C20H39NO5. The van der Waals surface area contributed by atoms with E-state index in [9.17, 15) is 4.79 Å². The molecule has 1 amide bonds. The van der Waals surface area contributed by atoms with Crippen LogP contribution in [0.3, 0.4) is 0 Å². The molecule has 1 aliphatic rings. The fourth-order valence-electron chi connectivity index (χ4n) is 3.11. The maximum absolute atomic E-state index is 12.1. The first-order valence-electron chi connectivity index (χ1n) is 10.3. The van der Waals surface area contributed by atoms with E-state index in [-0.39, 0.29) is 17.9 Å². The molecule has 0 aromatic heterocycles. The van der Waals surface area contributed by atoms with Gasteiger partial charge in [-0.05, 0) is 45.4 Å². The lowest BCUT2D eigenvalue weighted by Gasteiger charge is -2.26. The highest BCUT2D eigenvalue weighted by atomic mass is 16.6. The van der Waals surface area contributed by atoms with Crippen LogP contribution in [0.25, 0.3) is 0 Å². The fraction of sp³-hybridized carbons (Fsp3) is 0.950. The zero-order valence-electron chi connectivity index (χ0n) is 17.0. The Morgan fingerprint density at radius 1 is 0.885 bits per heavy atom. The van der Waals surface area contributed by atoms with Crippen molar-refractivity contribution in [1.29, 1.82) is 0 Å². The Morgan fingerprint density at radius 3 is 1.96 bits per heavy atom. The van der Waals surface area contributed by atoms with Gasteiger partial charge in [0.15, 0.2) is 0 Å². The van der Waals surface area contributed by atoms with Gasteiger partial charge in [-0.2, -0.15) is 0 Å². The van der Waals surface area contributed by atoms with E-state index in [4.69, 9.17) is 18.9 Å². The van der Waals surface area contributed by atoms with Crippen LogP contribution >= 0.6 is 0 Å². The summed E-state index contributed by atoms with van der Waals surface area (Å²) >= 11 is 0. The van der Waals surface area contributed by atoms with Gasteiger partial charge in [-0.25, -0.2) is 0 Å². The van der Waals surface area contributed by atoms with Crippen LogP contribution in [-0.4, -0.2) is 64.8 Å². The van der Waals surface area contributed by atoms with Gasteiger partial charge < -0.3 is 24.3 Å². The highest BCUT2D eigenvalue weighted by Gasteiger charge is 2.24. The summed E-state index contributed by atoms with van der Waals surface area (Å²) in [6, 6.07) is 0. The largest absolute Gasteiger partial charge is 0.377 e. The topological polar surface area (TPSA) is 66.0 Å². The number of nitrogens with one attached hydrogen (secondary N) is 1. The van der Waals surface area contributed by atoms with Crippen LogP contribution in [0.1, 0.15) is 52.9 Å². The molecule has 0 bridgehead atoms. The van der Waals surface area contributed by atoms with Crippen LogP contribution in [0.4, 0.5) is 0 Å². The smallest absolute Gasteiger partial charge is 0.223 e. The van der Waals surface area contributed by atoms with Gasteiger partial charge in [0.05, 0.1) is 52.4 Å². The summed E-state index contributed by atoms with van der Waals surface area (Å²) in [4.78, 5) is 12.1. The van der Waals surface area contributed by atoms with E-state index in [1.807, 2.05) is 13.8 Å². The lowest BCUT2D eigenvalue weighted by Crippen LogP contribution is -2.35. The van der Waals surface area contributed by atoms with Gasteiger partial charge in [0.1, 0.15) is 0 Å². The Bertz CT molecular complexity index is 343. The SMILES string of the molecule is CCC1CCC(C(=O)NCCOCCOCCOCCOC(C)C)CC1. The maximum atomic E-state index is 12.1. The van der Waals surface area contributed by atoms with Gasteiger partial charge in [-0.3, -0.25) is 4.79 Å². The summed E-state index contributed by atoms with van der Waals surface area (Å²) in [5.74, 6) is 1.21. The van der Waals surface area contributed by atoms with Crippen LogP contribution in [0.5, 0.6) is 0 Å². The highest BCUT2D eigenvalue weighted by Crippen LogP contribution is 2.30. The predicted octanol–water partition coefficient (Wildman–Crippen LogP) is 2.79. The van der Waals surface area contributed by atoms with Gasteiger partial charge >= 0.3 is 0 Å². The molecule has 26 heavy (non-hydrogen) atoms. The second kappa shape index (κ2) is 15.4. The average molecular weight is 374 g/mol. The number of hydrogen-bond acceptors (Lipinski definition) is 5. The monoisotopic (exact) mass is 373 g/mol. The van der Waals surface area contributed by atoms with Crippen LogP contribution in [0.15, 0.2) is 0 Å². The molecule has 0 radical (unpaired) electrons. The van der Waals surface area contributed by atoms with Crippen molar-refractivity contribution in [1.82, 2.24) is 5.32 Å². The van der Waals surface area contributed by atoms with Gasteiger partial charge in [0, 0.05) is 12.5 Å². The van der Waals surface area contributed by atoms with Gasteiger partial charge in [0.25, 0.3) is 0 Å². The Labute approximate surface area is 159 Å². The van der Waals surface area contributed by atoms with Crippen molar-refractivity contribution < 1.29 is 23.7 Å². The Balaban J connectivity index is 1.81. The molecular weight excluding hydrogens is 334 g/mol. The summed E-state index contributed by atoms with van der Waals surface area (Å²) in [5.41, 5.74) is 0. The number of amides is 1. The Morgan fingerprint density at radius 2 is 1.42 bits per heavy atom. The predicted molar refractivity (Wildman–Crippen MR) is 102 cm³/mol. The molecule has 0 spiro atoms. The first-order valence-corrected chi connectivity index (χ1v) is 10.3. The van der Waals surface area contributed by atoms with Crippen molar-refractivity contribution in [2.45, 2.75) is 59.0 Å². The quantitative estimate of drug-likeness (QED) is 0.447. The third-order valence-electron chi connectivity index (χ3n) is 4.76. The van der Waals surface area contributed by atoms with Gasteiger partial charge in [-0.1, -0.05) is 13.3 Å². The maximum Gasteiger partial charge on any atom is 0.223 e. The second-order valence-electron chi connectivity index (χ2n) is 7.17. The molecule has 1 rings (SSSR count). The van der Waals surface area contributed by atoms with Crippen molar-refractivity contribution in [2.24, 2.45) is 11.8 Å². The first kappa shape index (κ1) is 23.3. The number of rotatable bonds is 15. The van der Waals surface area contributed by atoms with E-state index in [1.165, 1.54) is 19.3 Å². The molecule has 1 fully saturated rings. The van der Waals surface area contributed by atoms with E-state index in [0.717, 1.165) is 18.8 Å². The molecule has 0 atom stereocenters. The lowest BCUT2D eigenvalue weighted by atomic mass is 9.80. The summed E-state index contributed by atoms with van der Waals surface area (Å²) in [5, 5.41) is 2.99. The molecule has 6 nitrogen and oxygen atoms in total. The molecule has 0 saturated heterocycles. The van der Waals surface area contributed by atoms with Gasteiger partial charge in [0.2, 0.25) is 5.91 Å². The van der Waals surface area contributed by atoms with Crippen LogP contribution in [-0.2, 0) is 23.7 Å². The molecule has 1 N–H and O–H groups in total. The third kappa shape index (κ3) is 11.8. The minimum Gasteiger partial charge on any atom is -0.377 e. The van der Waals surface area contributed by atoms with Crippen molar-refractivity contribution >= 4 is 5.91 Å². The van der Waals surface area contributed by atoms with Crippen molar-refractivity contribution in [3.05, 3.63) is 0 Å². The first-order chi connectivity index (χ1) is 12.6. The molecule has 0 unspecified atom stereocenters. The van der Waals surface area contributed by atoms with Crippen LogP contribution in [0, 0.1) is 11.8 Å². The van der Waals surface area contributed by atoms with E-state index < -0.39 is 0 Å². The fourth-order valence-corrected chi connectivity index (χ4v) is 3.11. The van der Waals surface area contributed by atoms with Crippen LogP contribution < -0.4 is 5.32 Å². The lowest BCUT2D eigenvalue weighted by molar-refractivity contribution is -0.126. The van der Waals surface area contributed by atoms with Crippen molar-refractivity contribution in [2.75, 3.05) is 52.8 Å². The zero-order chi connectivity index (χ0) is 19.0. The molecule has 0 aromatic carbocycles. The van der Waals surface area contributed by atoms with Crippen molar-refractivity contribution in [3.8, 4) is 0 Å². The number of carbonyl (C=O) groups is 1. The van der Waals surface area contributed by atoms with E-state index in [2.05, 4.69) is 12.2 Å². The average Bonchev–Trinajstić information content (AvgIpc) is 2.65. The molecule has 1 saturated carbocycles. The van der Waals surface area contributed by atoms with Gasteiger partial charge in [-0.15, -0.1) is 0 Å². The summed E-state index contributed by atoms with van der Waals surface area (Å²) in [6.45, 7) is 10.8. The molecule has 0 aliphatic heterocycles. The summed E-state index contributed by atoms with van der Waals surface area (Å²) in [6.07, 6.45) is 5.93. The minimum absolute atomic E-state index is 0.193. The van der Waals surface area contributed by atoms with Crippen LogP contribution in [0.2, 0.25) is 0 Å². The Hall–Kier alpha value is -0.690. The second-order valence-corrected chi connectivity index (χ2v) is 7.17. The summed E-state index contributed by atoms with van der Waals surface area (Å²) in [7, 11) is 0. The van der Waals surface area contributed by atoms with Crippen molar-refractivity contribution in [3.63, 3.8) is 0 Å². The van der Waals surface area contributed by atoms with E-state index in [1.54, 1.807) is 0 Å². The molecule has 154 valence electrons. The molecule has 6 heteroatoms. The summed E-state index contributed by atoms with van der Waals surface area (Å²) < 4.78 is 21.7. The molecule has 0 aromatic rings.